The highest BCUT2D eigenvalue weighted by atomic mass is 16.5. The molecule has 0 spiro atoms. The summed E-state index contributed by atoms with van der Waals surface area (Å²) in [5.74, 6) is -0.158. The maximum Gasteiger partial charge on any atom is 0.251 e. The summed E-state index contributed by atoms with van der Waals surface area (Å²) in [5.41, 5.74) is -0.502. The molecule has 1 atom stereocenters. The second kappa shape index (κ2) is 4.73. The highest BCUT2D eigenvalue weighted by Gasteiger charge is 2.32. The summed E-state index contributed by atoms with van der Waals surface area (Å²) in [7, 11) is 0. The monoisotopic (exact) mass is 237 g/mol. The third-order valence-corrected chi connectivity index (χ3v) is 2.79. The third kappa shape index (κ3) is 2.95. The summed E-state index contributed by atoms with van der Waals surface area (Å²) in [6.45, 7) is 0.946. The molecule has 0 bridgehead atoms. The number of benzene rings is 1. The van der Waals surface area contributed by atoms with Crippen LogP contribution in [0.15, 0.2) is 24.3 Å². The first kappa shape index (κ1) is 11.9. The summed E-state index contributed by atoms with van der Waals surface area (Å²) in [4.78, 5) is 11.7. The molecule has 1 heterocycles. The molecule has 0 saturated carbocycles. The van der Waals surface area contributed by atoms with Crippen molar-refractivity contribution >= 4 is 5.91 Å². The standard InChI is InChI=1S/C12H15NO4/c14-10-3-1-9(2-4-10)11(15)13-7-12(16)5-6-17-8-12/h1-4,14,16H,5-8H2,(H,13,15). The highest BCUT2D eigenvalue weighted by molar-refractivity contribution is 5.94. The minimum absolute atomic E-state index is 0.115. The molecule has 1 unspecified atom stereocenters. The summed E-state index contributed by atoms with van der Waals surface area (Å²) >= 11 is 0. The van der Waals surface area contributed by atoms with Crippen LogP contribution in [-0.4, -0.2) is 41.5 Å². The normalized spacial score (nSPS) is 23.6. The third-order valence-electron chi connectivity index (χ3n) is 2.79. The van der Waals surface area contributed by atoms with Gasteiger partial charge in [0.25, 0.3) is 5.91 Å². The van der Waals surface area contributed by atoms with Crippen molar-refractivity contribution in [2.75, 3.05) is 19.8 Å². The van der Waals surface area contributed by atoms with Gasteiger partial charge in [0.05, 0.1) is 6.61 Å². The number of carbonyl (C=O) groups is 1. The summed E-state index contributed by atoms with van der Waals surface area (Å²) in [6, 6.07) is 5.95. The summed E-state index contributed by atoms with van der Waals surface area (Å²) < 4.78 is 5.08. The van der Waals surface area contributed by atoms with Gasteiger partial charge in [-0.15, -0.1) is 0 Å². The van der Waals surface area contributed by atoms with Crippen LogP contribution in [0.1, 0.15) is 16.8 Å². The number of hydrogen-bond donors (Lipinski definition) is 3. The SMILES string of the molecule is O=C(NCC1(O)CCOC1)c1ccc(O)cc1. The van der Waals surface area contributed by atoms with Crippen molar-refractivity contribution in [1.82, 2.24) is 5.32 Å². The van der Waals surface area contributed by atoms with E-state index in [2.05, 4.69) is 5.32 Å². The minimum atomic E-state index is -0.952. The molecule has 1 aromatic rings. The predicted octanol–water partition coefficient (Wildman–Crippen LogP) is 0.273. The lowest BCUT2D eigenvalue weighted by molar-refractivity contribution is 0.0264. The number of rotatable bonds is 3. The van der Waals surface area contributed by atoms with E-state index in [1.807, 2.05) is 0 Å². The molecule has 2 rings (SSSR count). The van der Waals surface area contributed by atoms with Gasteiger partial charge in [-0.2, -0.15) is 0 Å². The van der Waals surface area contributed by atoms with Crippen molar-refractivity contribution < 1.29 is 19.7 Å². The lowest BCUT2D eigenvalue weighted by Gasteiger charge is -2.20. The van der Waals surface area contributed by atoms with E-state index in [9.17, 15) is 9.90 Å². The van der Waals surface area contributed by atoms with E-state index in [1.54, 1.807) is 0 Å². The van der Waals surface area contributed by atoms with E-state index in [0.717, 1.165) is 0 Å². The average molecular weight is 237 g/mol. The van der Waals surface area contributed by atoms with Crippen molar-refractivity contribution in [1.29, 1.82) is 0 Å². The van der Waals surface area contributed by atoms with Crippen molar-refractivity contribution in [3.05, 3.63) is 29.8 Å². The van der Waals surface area contributed by atoms with E-state index in [1.165, 1.54) is 24.3 Å². The molecule has 1 amide bonds. The molecule has 1 saturated heterocycles. The molecule has 92 valence electrons. The molecule has 1 aromatic carbocycles. The van der Waals surface area contributed by atoms with E-state index < -0.39 is 5.60 Å². The van der Waals surface area contributed by atoms with Gasteiger partial charge in [0.2, 0.25) is 0 Å². The van der Waals surface area contributed by atoms with Crippen LogP contribution in [0, 0.1) is 0 Å². The van der Waals surface area contributed by atoms with Crippen LogP contribution in [0.2, 0.25) is 0 Å². The fraction of sp³-hybridized carbons (Fsp3) is 0.417. The average Bonchev–Trinajstić information content (AvgIpc) is 2.75. The molecule has 17 heavy (non-hydrogen) atoms. The van der Waals surface area contributed by atoms with Crippen LogP contribution in [0.4, 0.5) is 0 Å². The molecular weight excluding hydrogens is 222 g/mol. The number of nitrogens with one attached hydrogen (secondary N) is 1. The molecule has 0 aromatic heterocycles. The Balaban J connectivity index is 1.91. The van der Waals surface area contributed by atoms with Gasteiger partial charge in [0, 0.05) is 25.1 Å². The molecule has 5 heteroatoms. The van der Waals surface area contributed by atoms with E-state index in [0.29, 0.717) is 18.6 Å². The fourth-order valence-electron chi connectivity index (χ4n) is 1.70. The van der Waals surface area contributed by atoms with Crippen LogP contribution in [0.25, 0.3) is 0 Å². The quantitative estimate of drug-likeness (QED) is 0.705. The topological polar surface area (TPSA) is 78.8 Å². The van der Waals surface area contributed by atoms with Gasteiger partial charge in [-0.05, 0) is 24.3 Å². The van der Waals surface area contributed by atoms with Crippen molar-refractivity contribution in [2.24, 2.45) is 0 Å². The number of phenols is 1. The number of amides is 1. The Labute approximate surface area is 99.0 Å². The lowest BCUT2D eigenvalue weighted by atomic mass is 10.0. The molecule has 0 radical (unpaired) electrons. The summed E-state index contributed by atoms with van der Waals surface area (Å²) in [5, 5.41) is 21.7. The minimum Gasteiger partial charge on any atom is -0.508 e. The second-order valence-electron chi connectivity index (χ2n) is 4.26. The lowest BCUT2D eigenvalue weighted by Crippen LogP contribution is -2.43. The Bertz CT molecular complexity index is 395. The maximum absolute atomic E-state index is 11.7. The largest absolute Gasteiger partial charge is 0.508 e. The summed E-state index contributed by atoms with van der Waals surface area (Å²) in [6.07, 6.45) is 0.531. The number of carbonyl (C=O) groups excluding carboxylic acids is 1. The molecule has 5 nitrogen and oxygen atoms in total. The maximum atomic E-state index is 11.7. The molecule has 1 fully saturated rings. The van der Waals surface area contributed by atoms with Crippen LogP contribution in [-0.2, 0) is 4.74 Å². The van der Waals surface area contributed by atoms with Gasteiger partial charge in [-0.3, -0.25) is 4.79 Å². The van der Waals surface area contributed by atoms with Crippen molar-refractivity contribution in [2.45, 2.75) is 12.0 Å². The Morgan fingerprint density at radius 1 is 1.41 bits per heavy atom. The first-order chi connectivity index (χ1) is 8.09. The Morgan fingerprint density at radius 2 is 2.12 bits per heavy atom. The zero-order valence-electron chi connectivity index (χ0n) is 9.35. The number of aromatic hydroxyl groups is 1. The van der Waals surface area contributed by atoms with E-state index in [-0.39, 0.29) is 24.8 Å². The molecule has 3 N–H and O–H groups in total. The number of ether oxygens (including phenoxy) is 1. The van der Waals surface area contributed by atoms with Gasteiger partial charge in [0.1, 0.15) is 11.4 Å². The highest BCUT2D eigenvalue weighted by Crippen LogP contribution is 2.17. The van der Waals surface area contributed by atoms with Gasteiger partial charge in [-0.25, -0.2) is 0 Å². The van der Waals surface area contributed by atoms with Crippen molar-refractivity contribution in [3.8, 4) is 5.75 Å². The molecule has 1 aliphatic rings. The number of hydrogen-bond acceptors (Lipinski definition) is 4. The first-order valence-electron chi connectivity index (χ1n) is 5.46. The smallest absolute Gasteiger partial charge is 0.251 e. The van der Waals surface area contributed by atoms with Crippen LogP contribution in [0.3, 0.4) is 0 Å². The van der Waals surface area contributed by atoms with Gasteiger partial charge in [-0.1, -0.05) is 0 Å². The van der Waals surface area contributed by atoms with Gasteiger partial charge in [0.15, 0.2) is 0 Å². The van der Waals surface area contributed by atoms with Gasteiger partial charge >= 0.3 is 0 Å². The van der Waals surface area contributed by atoms with Crippen LogP contribution in [0.5, 0.6) is 5.75 Å². The van der Waals surface area contributed by atoms with Crippen LogP contribution >= 0.6 is 0 Å². The molecular formula is C12H15NO4. The number of aliphatic hydroxyl groups is 1. The Hall–Kier alpha value is -1.59. The predicted molar refractivity (Wildman–Crippen MR) is 60.8 cm³/mol. The number of phenolic OH excluding ortho intramolecular Hbond substituents is 1. The molecule has 1 aliphatic heterocycles. The molecule has 0 aliphatic carbocycles. The zero-order valence-corrected chi connectivity index (χ0v) is 9.35. The fourth-order valence-corrected chi connectivity index (χ4v) is 1.70. The second-order valence-corrected chi connectivity index (χ2v) is 4.26. The van der Waals surface area contributed by atoms with Crippen LogP contribution < -0.4 is 5.32 Å². The first-order valence-corrected chi connectivity index (χ1v) is 5.46. The Morgan fingerprint density at radius 3 is 2.71 bits per heavy atom. The van der Waals surface area contributed by atoms with E-state index in [4.69, 9.17) is 9.84 Å². The zero-order chi connectivity index (χ0) is 12.3. The van der Waals surface area contributed by atoms with E-state index >= 15 is 0 Å². The Kier molecular flexibility index (Phi) is 3.31. The van der Waals surface area contributed by atoms with Gasteiger partial charge < -0.3 is 20.3 Å². The van der Waals surface area contributed by atoms with Crippen molar-refractivity contribution in [3.63, 3.8) is 0 Å².